The maximum absolute atomic E-state index is 11.6. The normalized spacial score (nSPS) is 22.0. The molecule has 0 spiro atoms. The molecule has 16 heavy (non-hydrogen) atoms. The molecule has 94 valence electrons. The van der Waals surface area contributed by atoms with Crippen molar-refractivity contribution in [3.8, 4) is 0 Å². The number of hydrogen-bond acceptors (Lipinski definition) is 4. The summed E-state index contributed by atoms with van der Waals surface area (Å²) < 4.78 is 4.83. The van der Waals surface area contributed by atoms with E-state index in [0.29, 0.717) is 0 Å². The van der Waals surface area contributed by atoms with E-state index in [4.69, 9.17) is 9.84 Å². The van der Waals surface area contributed by atoms with Gasteiger partial charge in [-0.2, -0.15) is 0 Å². The smallest absolute Gasteiger partial charge is 0.323 e. The first kappa shape index (κ1) is 13.5. The molecule has 1 N–H and O–H groups in total. The minimum absolute atomic E-state index is 0.0344. The fourth-order valence-electron chi connectivity index (χ4n) is 2.27. The number of carbonyl (C=O) groups is 1. The molecule has 0 unspecified atom stereocenters. The summed E-state index contributed by atoms with van der Waals surface area (Å²) in [5.74, 6) is -0.0955. The Bertz CT molecular complexity index is 208. The van der Waals surface area contributed by atoms with E-state index < -0.39 is 0 Å². The van der Waals surface area contributed by atoms with Crippen molar-refractivity contribution >= 4 is 5.97 Å². The van der Waals surface area contributed by atoms with Crippen molar-refractivity contribution in [1.82, 2.24) is 4.90 Å². The lowest BCUT2D eigenvalue weighted by Gasteiger charge is -2.33. The highest BCUT2D eigenvalue weighted by molar-refractivity contribution is 5.75. The molecule has 0 aromatic heterocycles. The number of methoxy groups -OCH3 is 1. The van der Waals surface area contributed by atoms with Crippen LogP contribution >= 0.6 is 0 Å². The maximum atomic E-state index is 11.6. The fourth-order valence-corrected chi connectivity index (χ4v) is 2.27. The van der Waals surface area contributed by atoms with E-state index in [-0.39, 0.29) is 18.6 Å². The van der Waals surface area contributed by atoms with Crippen LogP contribution in [-0.2, 0) is 9.53 Å². The molecule has 0 bridgehead atoms. The van der Waals surface area contributed by atoms with Crippen molar-refractivity contribution in [3.05, 3.63) is 0 Å². The molecular weight excluding hydrogens is 206 g/mol. The van der Waals surface area contributed by atoms with Gasteiger partial charge < -0.3 is 9.84 Å². The van der Waals surface area contributed by atoms with Crippen LogP contribution in [0.1, 0.15) is 38.5 Å². The zero-order chi connectivity index (χ0) is 11.8. The largest absolute Gasteiger partial charge is 0.468 e. The number of hydrogen-bond donors (Lipinski definition) is 1. The summed E-state index contributed by atoms with van der Waals surface area (Å²) >= 11 is 0. The van der Waals surface area contributed by atoms with Crippen LogP contribution in [0.15, 0.2) is 0 Å². The van der Waals surface area contributed by atoms with Gasteiger partial charge in [-0.3, -0.25) is 9.69 Å². The third-order valence-electron chi connectivity index (χ3n) is 3.19. The summed E-state index contributed by atoms with van der Waals surface area (Å²) in [5, 5.41) is 8.69. The molecule has 1 rings (SSSR count). The van der Waals surface area contributed by atoms with E-state index in [9.17, 15) is 4.79 Å². The van der Waals surface area contributed by atoms with Crippen molar-refractivity contribution in [3.63, 3.8) is 0 Å². The summed E-state index contributed by atoms with van der Waals surface area (Å²) in [4.78, 5) is 13.8. The monoisotopic (exact) mass is 229 g/mol. The lowest BCUT2D eigenvalue weighted by atomic mass is 10.0. The standard InChI is InChI=1S/C12H23NO3/c1-16-12(15)11-7-3-5-9-13(11)8-4-2-6-10-14/h11,14H,2-10H2,1H3/t11-/m1/s1. The van der Waals surface area contributed by atoms with Gasteiger partial charge in [0.15, 0.2) is 0 Å². The number of likely N-dealkylation sites (tertiary alicyclic amines) is 1. The number of unbranched alkanes of at least 4 members (excludes halogenated alkanes) is 2. The fraction of sp³-hybridized carbons (Fsp3) is 0.917. The van der Waals surface area contributed by atoms with Gasteiger partial charge in [-0.25, -0.2) is 0 Å². The van der Waals surface area contributed by atoms with Crippen LogP contribution in [0.3, 0.4) is 0 Å². The first-order chi connectivity index (χ1) is 7.79. The number of nitrogens with zero attached hydrogens (tertiary/aromatic N) is 1. The topological polar surface area (TPSA) is 49.8 Å². The highest BCUT2D eigenvalue weighted by Crippen LogP contribution is 2.18. The van der Waals surface area contributed by atoms with E-state index in [1.807, 2.05) is 0 Å². The Morgan fingerprint density at radius 3 is 2.88 bits per heavy atom. The third kappa shape index (κ3) is 4.10. The predicted octanol–water partition coefficient (Wildman–Crippen LogP) is 1.18. The Kier molecular flexibility index (Phi) is 6.42. The van der Waals surface area contributed by atoms with Gasteiger partial charge in [0.25, 0.3) is 0 Å². The molecule has 0 aromatic carbocycles. The first-order valence-corrected chi connectivity index (χ1v) is 6.22. The Morgan fingerprint density at radius 2 is 2.19 bits per heavy atom. The average molecular weight is 229 g/mol. The molecule has 0 saturated carbocycles. The maximum Gasteiger partial charge on any atom is 0.323 e. The number of carbonyl (C=O) groups excluding carboxylic acids is 1. The highest BCUT2D eigenvalue weighted by Gasteiger charge is 2.28. The summed E-state index contributed by atoms with van der Waals surface area (Å²) in [5.41, 5.74) is 0. The van der Waals surface area contributed by atoms with E-state index in [1.165, 1.54) is 13.5 Å². The Hall–Kier alpha value is -0.610. The van der Waals surface area contributed by atoms with Gasteiger partial charge in [0, 0.05) is 6.61 Å². The second-order valence-electron chi connectivity index (χ2n) is 4.35. The zero-order valence-electron chi connectivity index (χ0n) is 10.2. The van der Waals surface area contributed by atoms with Gasteiger partial charge >= 0.3 is 5.97 Å². The minimum atomic E-state index is -0.0955. The number of ether oxygens (including phenoxy) is 1. The van der Waals surface area contributed by atoms with Gasteiger partial charge in [-0.15, -0.1) is 0 Å². The number of piperidine rings is 1. The predicted molar refractivity (Wildman–Crippen MR) is 62.2 cm³/mol. The zero-order valence-corrected chi connectivity index (χ0v) is 10.2. The molecule has 1 atom stereocenters. The van der Waals surface area contributed by atoms with Crippen molar-refractivity contribution in [2.24, 2.45) is 0 Å². The van der Waals surface area contributed by atoms with Crippen LogP contribution in [0, 0.1) is 0 Å². The molecule has 1 saturated heterocycles. The van der Waals surface area contributed by atoms with Crippen LogP contribution in [0.5, 0.6) is 0 Å². The van der Waals surface area contributed by atoms with Crippen LogP contribution in [0.25, 0.3) is 0 Å². The van der Waals surface area contributed by atoms with Gasteiger partial charge in [0.05, 0.1) is 7.11 Å². The van der Waals surface area contributed by atoms with E-state index in [1.54, 1.807) is 0 Å². The molecule has 1 heterocycles. The number of esters is 1. The van der Waals surface area contributed by atoms with Crippen molar-refractivity contribution < 1.29 is 14.6 Å². The van der Waals surface area contributed by atoms with Crippen molar-refractivity contribution in [2.75, 3.05) is 26.8 Å². The minimum Gasteiger partial charge on any atom is -0.468 e. The Balaban J connectivity index is 2.32. The summed E-state index contributed by atoms with van der Waals surface area (Å²) in [7, 11) is 1.46. The van der Waals surface area contributed by atoms with Crippen molar-refractivity contribution in [1.29, 1.82) is 0 Å². The average Bonchev–Trinajstić information content (AvgIpc) is 2.34. The summed E-state index contributed by atoms with van der Waals surface area (Å²) in [6.07, 6.45) is 6.15. The van der Waals surface area contributed by atoms with Gasteiger partial charge in [0.2, 0.25) is 0 Å². The van der Waals surface area contributed by atoms with Crippen molar-refractivity contribution in [2.45, 2.75) is 44.6 Å². The first-order valence-electron chi connectivity index (χ1n) is 6.22. The quantitative estimate of drug-likeness (QED) is 0.549. The second-order valence-corrected chi connectivity index (χ2v) is 4.35. The summed E-state index contributed by atoms with van der Waals surface area (Å²) in [6.45, 7) is 2.21. The lowest BCUT2D eigenvalue weighted by Crippen LogP contribution is -2.45. The highest BCUT2D eigenvalue weighted by atomic mass is 16.5. The van der Waals surface area contributed by atoms with Crippen LogP contribution in [0.2, 0.25) is 0 Å². The number of aliphatic hydroxyl groups excluding tert-OH is 1. The van der Waals surface area contributed by atoms with Gasteiger partial charge in [0.1, 0.15) is 6.04 Å². The number of rotatable bonds is 6. The SMILES string of the molecule is COC(=O)[C@H]1CCCCN1CCCCCO. The second kappa shape index (κ2) is 7.63. The van der Waals surface area contributed by atoms with E-state index in [2.05, 4.69) is 4.90 Å². The molecule has 0 aliphatic carbocycles. The molecule has 0 radical (unpaired) electrons. The molecular formula is C12H23NO3. The van der Waals surface area contributed by atoms with E-state index in [0.717, 1.165) is 45.2 Å². The van der Waals surface area contributed by atoms with Gasteiger partial charge in [-0.1, -0.05) is 6.42 Å². The van der Waals surface area contributed by atoms with E-state index >= 15 is 0 Å². The Morgan fingerprint density at radius 1 is 1.38 bits per heavy atom. The molecule has 1 aliphatic rings. The van der Waals surface area contributed by atoms with Crippen LogP contribution in [-0.4, -0.2) is 48.8 Å². The molecule has 1 aliphatic heterocycles. The molecule has 4 heteroatoms. The lowest BCUT2D eigenvalue weighted by molar-refractivity contribution is -0.148. The number of aliphatic hydroxyl groups is 1. The van der Waals surface area contributed by atoms with Crippen LogP contribution < -0.4 is 0 Å². The summed E-state index contributed by atoms with van der Waals surface area (Å²) in [6, 6.07) is -0.0344. The third-order valence-corrected chi connectivity index (χ3v) is 3.19. The molecule has 0 amide bonds. The van der Waals surface area contributed by atoms with Gasteiger partial charge in [-0.05, 0) is 45.2 Å². The van der Waals surface area contributed by atoms with Crippen LogP contribution in [0.4, 0.5) is 0 Å². The Labute approximate surface area is 97.6 Å². The molecule has 0 aromatic rings. The molecule has 1 fully saturated rings. The molecule has 4 nitrogen and oxygen atoms in total.